The first-order chi connectivity index (χ1) is 9.58. The van der Waals surface area contributed by atoms with Crippen molar-refractivity contribution in [2.75, 3.05) is 32.0 Å². The maximum absolute atomic E-state index is 6.00. The van der Waals surface area contributed by atoms with Crippen molar-refractivity contribution in [1.82, 2.24) is 4.90 Å². The topological polar surface area (TPSA) is 47.7 Å². The van der Waals surface area contributed by atoms with Crippen LogP contribution in [0, 0.1) is 0 Å². The first-order valence-corrected chi connectivity index (χ1v) is 7.47. The molecule has 0 radical (unpaired) electrons. The van der Waals surface area contributed by atoms with Gasteiger partial charge in [-0.2, -0.15) is 0 Å². The summed E-state index contributed by atoms with van der Waals surface area (Å²) in [5, 5.41) is 0. The van der Waals surface area contributed by atoms with Crippen molar-refractivity contribution in [3.8, 4) is 5.75 Å². The molecule has 0 amide bonds. The molecule has 1 fully saturated rings. The molecule has 20 heavy (non-hydrogen) atoms. The van der Waals surface area contributed by atoms with Gasteiger partial charge >= 0.3 is 0 Å². The maximum Gasteiger partial charge on any atom is 0.142 e. The Hall–Kier alpha value is -1.26. The number of hydrogen-bond donors (Lipinski definition) is 1. The molecule has 4 heteroatoms. The van der Waals surface area contributed by atoms with E-state index in [0.29, 0.717) is 18.8 Å². The molecule has 0 aliphatic carbocycles. The van der Waals surface area contributed by atoms with Gasteiger partial charge in [0.1, 0.15) is 5.75 Å². The third-order valence-electron chi connectivity index (χ3n) is 3.59. The second-order valence-corrected chi connectivity index (χ2v) is 5.57. The van der Waals surface area contributed by atoms with Crippen molar-refractivity contribution in [1.29, 1.82) is 0 Å². The molecule has 1 aromatic rings. The number of nitrogen functional groups attached to an aromatic ring is 1. The minimum absolute atomic E-state index is 0.323. The van der Waals surface area contributed by atoms with E-state index in [9.17, 15) is 0 Å². The van der Waals surface area contributed by atoms with Crippen LogP contribution in [0.15, 0.2) is 18.2 Å². The molecular formula is C16H26N2O2. The van der Waals surface area contributed by atoms with Gasteiger partial charge in [0.2, 0.25) is 0 Å². The Morgan fingerprint density at radius 3 is 2.60 bits per heavy atom. The zero-order chi connectivity index (χ0) is 14.5. The summed E-state index contributed by atoms with van der Waals surface area (Å²) in [5.41, 5.74) is 7.99. The quantitative estimate of drug-likeness (QED) is 0.840. The summed E-state index contributed by atoms with van der Waals surface area (Å²) in [4.78, 5) is 2.46. The smallest absolute Gasteiger partial charge is 0.142 e. The lowest BCUT2D eigenvalue weighted by molar-refractivity contribution is -0.0675. The van der Waals surface area contributed by atoms with Gasteiger partial charge in [0.25, 0.3) is 0 Å². The highest BCUT2D eigenvalue weighted by atomic mass is 16.5. The Labute approximate surface area is 121 Å². The molecule has 4 nitrogen and oxygen atoms in total. The van der Waals surface area contributed by atoms with Crippen molar-refractivity contribution >= 4 is 5.69 Å². The molecular weight excluding hydrogens is 252 g/mol. The zero-order valence-corrected chi connectivity index (χ0v) is 12.8. The summed E-state index contributed by atoms with van der Waals surface area (Å²) < 4.78 is 11.2. The molecule has 2 rings (SSSR count). The number of nitrogens with zero attached hydrogens (tertiary/aromatic N) is 1. The third-order valence-corrected chi connectivity index (χ3v) is 3.59. The summed E-state index contributed by atoms with van der Waals surface area (Å²) in [6.07, 6.45) is 1.66. The molecule has 1 heterocycles. The largest absolute Gasteiger partial charge is 0.492 e. The highest BCUT2D eigenvalue weighted by Gasteiger charge is 2.21. The van der Waals surface area contributed by atoms with Crippen molar-refractivity contribution in [3.05, 3.63) is 23.8 Å². The minimum atomic E-state index is 0.323. The second-order valence-electron chi connectivity index (χ2n) is 5.57. The molecule has 0 aromatic heterocycles. The Balaban J connectivity index is 1.89. The van der Waals surface area contributed by atoms with Crippen molar-refractivity contribution in [2.24, 2.45) is 0 Å². The summed E-state index contributed by atoms with van der Waals surface area (Å²) in [6, 6.07) is 6.10. The highest BCUT2D eigenvalue weighted by Crippen LogP contribution is 2.23. The van der Waals surface area contributed by atoms with Crippen LogP contribution >= 0.6 is 0 Å². The van der Waals surface area contributed by atoms with Gasteiger partial charge in [-0.15, -0.1) is 0 Å². The van der Waals surface area contributed by atoms with Crippen LogP contribution in [-0.4, -0.2) is 43.3 Å². The van der Waals surface area contributed by atoms with Crippen LogP contribution in [0.3, 0.4) is 0 Å². The van der Waals surface area contributed by atoms with E-state index in [-0.39, 0.29) is 0 Å². The Kier molecular flexibility index (Phi) is 5.26. The number of morpholine rings is 1. The Morgan fingerprint density at radius 1 is 1.30 bits per heavy atom. The molecule has 0 saturated carbocycles. The highest BCUT2D eigenvalue weighted by molar-refractivity contribution is 5.54. The van der Waals surface area contributed by atoms with Gasteiger partial charge in [-0.05, 0) is 44.9 Å². The van der Waals surface area contributed by atoms with E-state index in [1.165, 1.54) is 5.56 Å². The van der Waals surface area contributed by atoms with E-state index in [0.717, 1.165) is 37.5 Å². The minimum Gasteiger partial charge on any atom is -0.492 e. The van der Waals surface area contributed by atoms with E-state index in [1.54, 1.807) is 0 Å². The van der Waals surface area contributed by atoms with Crippen LogP contribution in [0.4, 0.5) is 5.69 Å². The Morgan fingerprint density at radius 2 is 2.00 bits per heavy atom. The Bertz CT molecular complexity index is 426. The van der Waals surface area contributed by atoms with Crippen LogP contribution in [-0.2, 0) is 11.2 Å². The van der Waals surface area contributed by atoms with Crippen molar-refractivity contribution in [3.63, 3.8) is 0 Å². The van der Waals surface area contributed by atoms with Crippen molar-refractivity contribution < 1.29 is 9.47 Å². The van der Waals surface area contributed by atoms with Crippen LogP contribution in [0.25, 0.3) is 0 Å². The normalized spacial score (nSPS) is 23.8. The average molecular weight is 278 g/mol. The van der Waals surface area contributed by atoms with Crippen LogP contribution < -0.4 is 10.5 Å². The molecule has 2 atom stereocenters. The predicted octanol–water partition coefficient (Wildman–Crippen LogP) is 2.32. The molecule has 0 bridgehead atoms. The summed E-state index contributed by atoms with van der Waals surface area (Å²) >= 11 is 0. The summed E-state index contributed by atoms with van der Waals surface area (Å²) in [5.74, 6) is 0.782. The van der Waals surface area contributed by atoms with Crippen LogP contribution in [0.1, 0.15) is 26.3 Å². The van der Waals surface area contributed by atoms with Gasteiger partial charge in [-0.25, -0.2) is 0 Å². The number of rotatable bonds is 5. The summed E-state index contributed by atoms with van der Waals surface area (Å²) in [7, 11) is 0. The molecule has 1 saturated heterocycles. The lowest BCUT2D eigenvalue weighted by atomic mass is 10.1. The van der Waals surface area contributed by atoms with E-state index < -0.39 is 0 Å². The predicted molar refractivity (Wildman–Crippen MR) is 82.2 cm³/mol. The van der Waals surface area contributed by atoms with Gasteiger partial charge in [0, 0.05) is 19.6 Å². The first kappa shape index (κ1) is 15.1. The molecule has 112 valence electrons. The lowest BCUT2D eigenvalue weighted by Crippen LogP contribution is -2.46. The number of nitrogens with two attached hydrogens (primary N) is 1. The van der Waals surface area contributed by atoms with E-state index in [1.807, 2.05) is 19.1 Å². The molecule has 2 N–H and O–H groups in total. The average Bonchev–Trinajstić information content (AvgIpc) is 2.38. The number of hydrogen-bond acceptors (Lipinski definition) is 4. The van der Waals surface area contributed by atoms with E-state index in [4.69, 9.17) is 15.2 Å². The van der Waals surface area contributed by atoms with Crippen LogP contribution in [0.5, 0.6) is 5.75 Å². The number of benzene rings is 1. The van der Waals surface area contributed by atoms with E-state index >= 15 is 0 Å². The molecule has 1 aliphatic rings. The summed E-state index contributed by atoms with van der Waals surface area (Å²) in [6.45, 7) is 9.95. The zero-order valence-electron chi connectivity index (χ0n) is 12.8. The number of ether oxygens (including phenoxy) is 2. The van der Waals surface area contributed by atoms with Crippen LogP contribution in [0.2, 0.25) is 0 Å². The van der Waals surface area contributed by atoms with E-state index in [2.05, 4.69) is 24.8 Å². The SMILES string of the molecule is CCOc1ccc(CCN2CC(C)OC(C)C2)cc1N. The van der Waals surface area contributed by atoms with Gasteiger partial charge in [-0.1, -0.05) is 6.07 Å². The molecule has 2 unspecified atom stereocenters. The van der Waals surface area contributed by atoms with Gasteiger partial charge in [0.15, 0.2) is 0 Å². The van der Waals surface area contributed by atoms with Gasteiger partial charge < -0.3 is 15.2 Å². The molecule has 1 aromatic carbocycles. The van der Waals surface area contributed by atoms with Gasteiger partial charge in [-0.3, -0.25) is 4.90 Å². The fourth-order valence-electron chi connectivity index (χ4n) is 2.79. The first-order valence-electron chi connectivity index (χ1n) is 7.47. The monoisotopic (exact) mass is 278 g/mol. The van der Waals surface area contributed by atoms with Crippen molar-refractivity contribution in [2.45, 2.75) is 39.4 Å². The fourth-order valence-corrected chi connectivity index (χ4v) is 2.79. The van der Waals surface area contributed by atoms with Gasteiger partial charge in [0.05, 0.1) is 24.5 Å². The second kappa shape index (κ2) is 6.95. The number of anilines is 1. The third kappa shape index (κ3) is 4.12. The molecule has 1 aliphatic heterocycles. The standard InChI is InChI=1S/C16H26N2O2/c1-4-19-16-6-5-14(9-15(16)17)7-8-18-10-12(2)20-13(3)11-18/h5-6,9,12-13H,4,7-8,10-11,17H2,1-3H3. The lowest BCUT2D eigenvalue weighted by Gasteiger charge is -2.35. The molecule has 0 spiro atoms. The fraction of sp³-hybridized carbons (Fsp3) is 0.625. The maximum atomic E-state index is 6.00.